The van der Waals surface area contributed by atoms with Crippen molar-refractivity contribution in [2.24, 2.45) is 0 Å². The molecule has 2 N–H and O–H groups in total. The predicted molar refractivity (Wildman–Crippen MR) is 89.2 cm³/mol. The summed E-state index contributed by atoms with van der Waals surface area (Å²) in [6.07, 6.45) is -3.33. The van der Waals surface area contributed by atoms with Crippen LogP contribution in [-0.2, 0) is 12.6 Å². The lowest BCUT2D eigenvalue weighted by Crippen LogP contribution is -2.41. The van der Waals surface area contributed by atoms with Crippen LogP contribution in [0.15, 0.2) is 54.6 Å². The molecule has 0 saturated heterocycles. The Morgan fingerprint density at radius 2 is 1.64 bits per heavy atom. The number of carbonyl (C=O) groups excluding carboxylic acids is 1. The van der Waals surface area contributed by atoms with E-state index in [-0.39, 0.29) is 12.1 Å². The zero-order chi connectivity index (χ0) is 18.5. The van der Waals surface area contributed by atoms with Crippen molar-refractivity contribution in [2.75, 3.05) is 6.54 Å². The molecule has 1 amide bonds. The molecule has 0 aliphatic carbocycles. The number of benzene rings is 2. The van der Waals surface area contributed by atoms with Gasteiger partial charge in [-0.3, -0.25) is 4.79 Å². The third-order valence-corrected chi connectivity index (χ3v) is 3.90. The normalized spacial score (nSPS) is 14.0. The quantitative estimate of drug-likeness (QED) is 0.831. The Kier molecular flexibility index (Phi) is 5.85. The van der Waals surface area contributed by atoms with Gasteiger partial charge in [0.15, 0.2) is 0 Å². The minimum absolute atomic E-state index is 0.0136. The molecule has 2 aromatic carbocycles. The first-order valence-electron chi connectivity index (χ1n) is 7.89. The van der Waals surface area contributed by atoms with Gasteiger partial charge in [0, 0.05) is 12.1 Å². The molecule has 0 bridgehead atoms. The summed E-state index contributed by atoms with van der Waals surface area (Å²) in [6, 6.07) is 13.6. The second kappa shape index (κ2) is 7.70. The Balaban J connectivity index is 1.87. The van der Waals surface area contributed by atoms with E-state index in [0.717, 1.165) is 29.8 Å². The van der Waals surface area contributed by atoms with Crippen molar-refractivity contribution in [3.8, 4) is 0 Å². The predicted octanol–water partition coefficient (Wildman–Crippen LogP) is 3.82. The fourth-order valence-electron chi connectivity index (χ4n) is 2.33. The first-order valence-corrected chi connectivity index (χ1v) is 7.89. The maximum absolute atomic E-state index is 12.5. The Labute approximate surface area is 144 Å². The molecule has 0 radical (unpaired) electrons. The van der Waals surface area contributed by atoms with Crippen LogP contribution in [0, 0.1) is 0 Å². The van der Waals surface area contributed by atoms with E-state index >= 15 is 0 Å². The Bertz CT molecular complexity index is 695. The van der Waals surface area contributed by atoms with Crippen LogP contribution in [-0.4, -0.2) is 23.2 Å². The van der Waals surface area contributed by atoms with Gasteiger partial charge in [0.2, 0.25) is 0 Å². The largest absolute Gasteiger partial charge is 0.416 e. The van der Waals surface area contributed by atoms with Gasteiger partial charge in [-0.1, -0.05) is 30.3 Å². The summed E-state index contributed by atoms with van der Waals surface area (Å²) >= 11 is 0. The van der Waals surface area contributed by atoms with E-state index in [9.17, 15) is 23.1 Å². The molecule has 2 rings (SSSR count). The molecule has 0 aliphatic heterocycles. The monoisotopic (exact) mass is 351 g/mol. The smallest absolute Gasteiger partial charge is 0.388 e. The van der Waals surface area contributed by atoms with E-state index in [2.05, 4.69) is 5.32 Å². The van der Waals surface area contributed by atoms with Crippen molar-refractivity contribution in [1.29, 1.82) is 0 Å². The third-order valence-electron chi connectivity index (χ3n) is 3.90. The number of aryl methyl sites for hydroxylation is 1. The molecular formula is C19H20F3NO2. The fraction of sp³-hybridized carbons (Fsp3) is 0.316. The Morgan fingerprint density at radius 3 is 2.20 bits per heavy atom. The fourth-order valence-corrected chi connectivity index (χ4v) is 2.33. The number of hydrogen-bond donors (Lipinski definition) is 2. The van der Waals surface area contributed by atoms with Gasteiger partial charge in [0.05, 0.1) is 11.2 Å². The molecule has 1 atom stereocenters. The SMILES string of the molecule is CC(O)(CCc1ccccc1)CNC(=O)c1ccc(C(F)(F)F)cc1. The molecule has 0 spiro atoms. The zero-order valence-corrected chi connectivity index (χ0v) is 13.8. The molecule has 6 heteroatoms. The molecule has 134 valence electrons. The van der Waals surface area contributed by atoms with E-state index in [4.69, 9.17) is 0 Å². The van der Waals surface area contributed by atoms with Crippen LogP contribution < -0.4 is 5.32 Å². The number of aliphatic hydroxyl groups is 1. The number of amides is 1. The summed E-state index contributed by atoms with van der Waals surface area (Å²) in [7, 11) is 0. The van der Waals surface area contributed by atoms with E-state index in [0.29, 0.717) is 12.8 Å². The Hall–Kier alpha value is -2.34. The molecule has 0 heterocycles. The van der Waals surface area contributed by atoms with Gasteiger partial charge < -0.3 is 10.4 Å². The van der Waals surface area contributed by atoms with Crippen LogP contribution in [0.1, 0.15) is 34.8 Å². The van der Waals surface area contributed by atoms with E-state index < -0.39 is 23.2 Å². The molecule has 0 fully saturated rings. The van der Waals surface area contributed by atoms with Crippen LogP contribution in [0.2, 0.25) is 0 Å². The van der Waals surface area contributed by atoms with Gasteiger partial charge in [0.1, 0.15) is 0 Å². The van der Waals surface area contributed by atoms with Crippen molar-refractivity contribution in [2.45, 2.75) is 31.5 Å². The van der Waals surface area contributed by atoms with Crippen molar-refractivity contribution in [1.82, 2.24) is 5.32 Å². The number of hydrogen-bond acceptors (Lipinski definition) is 2. The summed E-state index contributed by atoms with van der Waals surface area (Å²) < 4.78 is 37.5. The lowest BCUT2D eigenvalue weighted by atomic mass is 9.96. The van der Waals surface area contributed by atoms with E-state index in [1.54, 1.807) is 6.92 Å². The average Bonchev–Trinajstić information content (AvgIpc) is 2.58. The van der Waals surface area contributed by atoms with Gasteiger partial charge >= 0.3 is 6.18 Å². The summed E-state index contributed by atoms with van der Waals surface area (Å²) in [5, 5.41) is 12.9. The summed E-state index contributed by atoms with van der Waals surface area (Å²) in [4.78, 5) is 12.0. The van der Waals surface area contributed by atoms with Crippen molar-refractivity contribution in [3.63, 3.8) is 0 Å². The number of carbonyl (C=O) groups is 1. The lowest BCUT2D eigenvalue weighted by molar-refractivity contribution is -0.137. The molecule has 25 heavy (non-hydrogen) atoms. The highest BCUT2D eigenvalue weighted by molar-refractivity contribution is 5.94. The number of alkyl halides is 3. The molecule has 0 saturated carbocycles. The van der Waals surface area contributed by atoms with Gasteiger partial charge in [-0.2, -0.15) is 13.2 Å². The van der Waals surface area contributed by atoms with Gasteiger partial charge in [-0.15, -0.1) is 0 Å². The van der Waals surface area contributed by atoms with Crippen molar-refractivity contribution in [3.05, 3.63) is 71.3 Å². The minimum atomic E-state index is -4.43. The summed E-state index contributed by atoms with van der Waals surface area (Å²) in [6.45, 7) is 1.63. The summed E-state index contributed by atoms with van der Waals surface area (Å²) in [5.74, 6) is -0.520. The topological polar surface area (TPSA) is 49.3 Å². The third kappa shape index (κ3) is 5.90. The zero-order valence-electron chi connectivity index (χ0n) is 13.8. The average molecular weight is 351 g/mol. The van der Waals surface area contributed by atoms with Gasteiger partial charge in [0.25, 0.3) is 5.91 Å². The second-order valence-corrected chi connectivity index (χ2v) is 6.24. The highest BCUT2D eigenvalue weighted by atomic mass is 19.4. The molecular weight excluding hydrogens is 331 g/mol. The summed E-state index contributed by atoms with van der Waals surface area (Å²) in [5.41, 5.74) is -0.722. The van der Waals surface area contributed by atoms with Crippen molar-refractivity contribution >= 4 is 5.91 Å². The molecule has 0 aliphatic rings. The van der Waals surface area contributed by atoms with Crippen LogP contribution in [0.3, 0.4) is 0 Å². The van der Waals surface area contributed by atoms with Crippen LogP contribution in [0.5, 0.6) is 0 Å². The first kappa shape index (κ1) is 19.0. The number of halogens is 3. The van der Waals surface area contributed by atoms with Crippen LogP contribution in [0.25, 0.3) is 0 Å². The van der Waals surface area contributed by atoms with Crippen molar-refractivity contribution < 1.29 is 23.1 Å². The van der Waals surface area contributed by atoms with Crippen LogP contribution >= 0.6 is 0 Å². The molecule has 1 unspecified atom stereocenters. The maximum Gasteiger partial charge on any atom is 0.416 e. The molecule has 3 nitrogen and oxygen atoms in total. The van der Waals surface area contributed by atoms with E-state index in [1.807, 2.05) is 30.3 Å². The van der Waals surface area contributed by atoms with Gasteiger partial charge in [-0.25, -0.2) is 0 Å². The van der Waals surface area contributed by atoms with E-state index in [1.165, 1.54) is 0 Å². The van der Waals surface area contributed by atoms with Crippen LogP contribution in [0.4, 0.5) is 13.2 Å². The lowest BCUT2D eigenvalue weighted by Gasteiger charge is -2.23. The maximum atomic E-state index is 12.5. The second-order valence-electron chi connectivity index (χ2n) is 6.24. The van der Waals surface area contributed by atoms with Gasteiger partial charge in [-0.05, 0) is 49.6 Å². The minimum Gasteiger partial charge on any atom is -0.388 e. The Morgan fingerprint density at radius 1 is 1.04 bits per heavy atom. The highest BCUT2D eigenvalue weighted by Gasteiger charge is 2.30. The number of rotatable bonds is 6. The number of nitrogens with one attached hydrogen (secondary N) is 1. The highest BCUT2D eigenvalue weighted by Crippen LogP contribution is 2.29. The standard InChI is InChI=1S/C19H20F3NO2/c1-18(25,12-11-14-5-3-2-4-6-14)13-23-17(24)15-7-9-16(10-8-15)19(20,21)22/h2-10,25H,11-13H2,1H3,(H,23,24). The first-order chi connectivity index (χ1) is 11.7. The molecule has 2 aromatic rings. The molecule has 0 aromatic heterocycles.